The van der Waals surface area contributed by atoms with Gasteiger partial charge in [0.05, 0.1) is 18.8 Å². The Morgan fingerprint density at radius 3 is 2.33 bits per heavy atom. The van der Waals surface area contributed by atoms with Gasteiger partial charge >= 0.3 is 0 Å². The molecule has 7 nitrogen and oxygen atoms in total. The summed E-state index contributed by atoms with van der Waals surface area (Å²) in [6, 6.07) is 16.1. The summed E-state index contributed by atoms with van der Waals surface area (Å²) in [4.78, 5) is 11.7. The van der Waals surface area contributed by atoms with Crippen LogP contribution < -0.4 is 15.0 Å². The molecule has 8 heteroatoms. The molecular weight excluding hydrogens is 529 g/mol. The van der Waals surface area contributed by atoms with Crippen molar-refractivity contribution < 1.29 is 9.84 Å². The number of phenolic OH excluding ortho intramolecular Hbond substituents is 1. The van der Waals surface area contributed by atoms with Crippen molar-refractivity contribution in [2.75, 3.05) is 64.9 Å². The summed E-state index contributed by atoms with van der Waals surface area (Å²) in [7, 11) is 3.60. The Kier molecular flexibility index (Phi) is 9.49. The number of piperazine rings is 1. The first kappa shape index (κ1) is 25.4. The van der Waals surface area contributed by atoms with Crippen LogP contribution in [0.2, 0.25) is 0 Å². The average Bonchev–Trinajstić information content (AvgIpc) is 3.37. The first-order valence-electron chi connectivity index (χ1n) is 11.6. The summed E-state index contributed by atoms with van der Waals surface area (Å²) in [5.74, 6) is 2.22. The molecule has 1 atom stereocenters. The van der Waals surface area contributed by atoms with Crippen molar-refractivity contribution in [1.82, 2.24) is 15.1 Å². The van der Waals surface area contributed by atoms with Crippen LogP contribution in [0.1, 0.15) is 24.4 Å². The molecule has 0 amide bonds. The Bertz CT molecular complexity index is 911. The molecule has 0 radical (unpaired) electrons. The molecule has 0 bridgehead atoms. The van der Waals surface area contributed by atoms with Crippen molar-refractivity contribution in [1.29, 1.82) is 0 Å². The number of rotatable bonds is 6. The number of benzene rings is 2. The Balaban J connectivity index is 0.00000306. The van der Waals surface area contributed by atoms with Gasteiger partial charge < -0.3 is 25.0 Å². The van der Waals surface area contributed by atoms with Crippen molar-refractivity contribution in [3.05, 3.63) is 54.1 Å². The predicted octanol–water partition coefficient (Wildman–Crippen LogP) is 3.55. The molecule has 2 saturated heterocycles. The molecule has 33 heavy (non-hydrogen) atoms. The van der Waals surface area contributed by atoms with Crippen molar-refractivity contribution in [2.24, 2.45) is 4.99 Å². The molecule has 2 aliphatic heterocycles. The van der Waals surface area contributed by atoms with Crippen molar-refractivity contribution in [2.45, 2.75) is 18.9 Å². The third kappa shape index (κ3) is 6.03. The molecule has 180 valence electrons. The van der Waals surface area contributed by atoms with E-state index in [0.717, 1.165) is 63.2 Å². The summed E-state index contributed by atoms with van der Waals surface area (Å²) < 4.78 is 5.68. The van der Waals surface area contributed by atoms with Crippen LogP contribution in [0.15, 0.2) is 53.5 Å². The van der Waals surface area contributed by atoms with Crippen LogP contribution in [0.4, 0.5) is 5.69 Å². The molecule has 2 fully saturated rings. The van der Waals surface area contributed by atoms with E-state index in [4.69, 9.17) is 4.74 Å². The number of hydrogen-bond acceptors (Lipinski definition) is 5. The van der Waals surface area contributed by atoms with E-state index in [2.05, 4.69) is 37.1 Å². The van der Waals surface area contributed by atoms with Crippen LogP contribution in [0.5, 0.6) is 11.5 Å². The van der Waals surface area contributed by atoms with Crippen LogP contribution in [-0.4, -0.2) is 80.8 Å². The van der Waals surface area contributed by atoms with E-state index >= 15 is 0 Å². The van der Waals surface area contributed by atoms with Crippen LogP contribution in [0, 0.1) is 0 Å². The largest absolute Gasteiger partial charge is 0.506 e. The quantitative estimate of drug-likeness (QED) is 0.318. The number of guanidine groups is 1. The lowest BCUT2D eigenvalue weighted by Gasteiger charge is -2.38. The summed E-state index contributed by atoms with van der Waals surface area (Å²) in [5, 5.41) is 13.8. The van der Waals surface area contributed by atoms with Crippen molar-refractivity contribution >= 4 is 35.6 Å². The van der Waals surface area contributed by atoms with Crippen LogP contribution in [-0.2, 0) is 0 Å². The zero-order valence-electron chi connectivity index (χ0n) is 19.6. The maximum atomic E-state index is 10.2. The maximum absolute atomic E-state index is 10.2. The Hall–Kier alpha value is -2.20. The Labute approximate surface area is 214 Å². The van der Waals surface area contributed by atoms with Gasteiger partial charge in [-0.2, -0.15) is 0 Å². The minimum atomic E-state index is 0. The second-order valence-electron chi connectivity index (χ2n) is 8.39. The van der Waals surface area contributed by atoms with Gasteiger partial charge in [0.1, 0.15) is 11.5 Å². The minimum absolute atomic E-state index is 0. The molecule has 0 spiro atoms. The van der Waals surface area contributed by atoms with E-state index in [-0.39, 0.29) is 30.0 Å². The van der Waals surface area contributed by atoms with Crippen molar-refractivity contribution in [3.63, 3.8) is 0 Å². The SMILES string of the molecule is CN=C(NCC(c1ccccc1OC)N1CCCC1)N1CCN(c2ccccc2O)CC1.I. The first-order chi connectivity index (χ1) is 15.7. The number of para-hydroxylation sites is 3. The molecule has 0 aromatic heterocycles. The first-order valence-corrected chi connectivity index (χ1v) is 11.6. The third-order valence-electron chi connectivity index (χ3n) is 6.55. The lowest BCUT2D eigenvalue weighted by Crippen LogP contribution is -2.53. The van der Waals surface area contributed by atoms with Gasteiger partial charge in [0.2, 0.25) is 0 Å². The minimum Gasteiger partial charge on any atom is -0.506 e. The zero-order chi connectivity index (χ0) is 22.3. The molecule has 0 aliphatic carbocycles. The fourth-order valence-corrected chi connectivity index (χ4v) is 4.84. The average molecular weight is 566 g/mol. The lowest BCUT2D eigenvalue weighted by atomic mass is 10.0. The number of likely N-dealkylation sites (tertiary alicyclic amines) is 1. The van der Waals surface area contributed by atoms with Gasteiger partial charge in [-0.1, -0.05) is 30.3 Å². The van der Waals surface area contributed by atoms with Gasteiger partial charge in [0, 0.05) is 45.3 Å². The molecule has 4 rings (SSSR count). The topological polar surface area (TPSA) is 63.6 Å². The van der Waals surface area contributed by atoms with Gasteiger partial charge in [-0.15, -0.1) is 24.0 Å². The molecule has 1 unspecified atom stereocenters. The number of methoxy groups -OCH3 is 1. The van der Waals surface area contributed by atoms with Crippen LogP contribution in [0.25, 0.3) is 0 Å². The smallest absolute Gasteiger partial charge is 0.193 e. The number of aromatic hydroxyl groups is 1. The molecule has 2 aromatic carbocycles. The lowest BCUT2D eigenvalue weighted by molar-refractivity contribution is 0.237. The number of hydrogen-bond donors (Lipinski definition) is 2. The maximum Gasteiger partial charge on any atom is 0.193 e. The van der Waals surface area contributed by atoms with Gasteiger partial charge in [0.15, 0.2) is 5.96 Å². The summed E-state index contributed by atoms with van der Waals surface area (Å²) in [6.07, 6.45) is 2.49. The van der Waals surface area contributed by atoms with Gasteiger partial charge in [-0.25, -0.2) is 0 Å². The van der Waals surface area contributed by atoms with Crippen LogP contribution in [0.3, 0.4) is 0 Å². The highest BCUT2D eigenvalue weighted by atomic mass is 127. The molecule has 2 aromatic rings. The number of anilines is 1. The Morgan fingerprint density at radius 1 is 1.00 bits per heavy atom. The second kappa shape index (κ2) is 12.3. The van der Waals surface area contributed by atoms with Gasteiger partial charge in [-0.05, 0) is 44.1 Å². The monoisotopic (exact) mass is 565 g/mol. The second-order valence-corrected chi connectivity index (χ2v) is 8.39. The summed E-state index contributed by atoms with van der Waals surface area (Å²) >= 11 is 0. The number of aliphatic imine (C=N–C) groups is 1. The predicted molar refractivity (Wildman–Crippen MR) is 145 cm³/mol. The van der Waals surface area contributed by atoms with E-state index in [9.17, 15) is 5.11 Å². The van der Waals surface area contributed by atoms with E-state index in [0.29, 0.717) is 5.75 Å². The van der Waals surface area contributed by atoms with E-state index in [1.54, 1.807) is 13.2 Å². The highest BCUT2D eigenvalue weighted by Crippen LogP contribution is 2.31. The van der Waals surface area contributed by atoms with Gasteiger partial charge in [-0.3, -0.25) is 9.89 Å². The van der Waals surface area contributed by atoms with Crippen molar-refractivity contribution in [3.8, 4) is 11.5 Å². The van der Waals surface area contributed by atoms with E-state index < -0.39 is 0 Å². The highest BCUT2D eigenvalue weighted by molar-refractivity contribution is 14.0. The summed E-state index contributed by atoms with van der Waals surface area (Å²) in [5.41, 5.74) is 2.13. The third-order valence-corrected chi connectivity index (χ3v) is 6.55. The molecular formula is C25H36IN5O2. The normalized spacial score (nSPS) is 18.1. The van der Waals surface area contributed by atoms with E-state index in [1.165, 1.54) is 18.4 Å². The number of ether oxygens (including phenoxy) is 1. The number of phenols is 1. The molecule has 2 heterocycles. The highest BCUT2D eigenvalue weighted by Gasteiger charge is 2.27. The number of nitrogens with one attached hydrogen (secondary N) is 1. The zero-order valence-corrected chi connectivity index (χ0v) is 21.9. The fourth-order valence-electron chi connectivity index (χ4n) is 4.84. The molecule has 0 saturated carbocycles. The van der Waals surface area contributed by atoms with Crippen LogP contribution >= 0.6 is 24.0 Å². The standard InChI is InChI=1S/C25H35N5O2.HI/c1-26-25(30-17-15-29(16-18-30)21-10-4-5-11-23(21)31)27-19-22(28-13-7-8-14-28)20-9-3-6-12-24(20)32-2;/h3-6,9-12,22,31H,7-8,13-19H2,1-2H3,(H,26,27);1H. The van der Waals surface area contributed by atoms with Gasteiger partial charge in [0.25, 0.3) is 0 Å². The number of halogens is 1. The fraction of sp³-hybridized carbons (Fsp3) is 0.480. The van der Waals surface area contributed by atoms with E-state index in [1.807, 2.05) is 37.4 Å². The summed E-state index contributed by atoms with van der Waals surface area (Å²) in [6.45, 7) is 6.42. The molecule has 2 aliphatic rings. The molecule has 2 N–H and O–H groups in total. The number of nitrogens with zero attached hydrogens (tertiary/aromatic N) is 4. The Morgan fingerprint density at radius 2 is 1.67 bits per heavy atom.